The molecule has 1 aliphatic heterocycles. The molecule has 1 aliphatic rings. The second-order valence-corrected chi connectivity index (χ2v) is 4.94. The van der Waals surface area contributed by atoms with E-state index in [1.165, 1.54) is 0 Å². The summed E-state index contributed by atoms with van der Waals surface area (Å²) < 4.78 is 0. The van der Waals surface area contributed by atoms with Crippen LogP contribution in [0.3, 0.4) is 0 Å². The molecule has 88 valence electrons. The highest BCUT2D eigenvalue weighted by molar-refractivity contribution is 6.34. The molecule has 1 unspecified atom stereocenters. The summed E-state index contributed by atoms with van der Waals surface area (Å²) in [5.74, 6) is 0. The van der Waals surface area contributed by atoms with Crippen molar-refractivity contribution in [3.05, 3.63) is 23.2 Å². The summed E-state index contributed by atoms with van der Waals surface area (Å²) in [5, 5.41) is 0.749. The number of anilines is 2. The number of likely N-dealkylation sites (N-methyl/N-ethyl adjacent to an activating group) is 1. The summed E-state index contributed by atoms with van der Waals surface area (Å²) in [6.07, 6.45) is 1.16. The minimum atomic E-state index is 0.593. The molecule has 1 saturated heterocycles. The molecule has 0 radical (unpaired) electrons. The van der Waals surface area contributed by atoms with Crippen LogP contribution in [0.2, 0.25) is 5.02 Å². The quantitative estimate of drug-likeness (QED) is 0.802. The molecular formula is C12H18ClN3. The number of nitrogen functional groups attached to an aromatic ring is 1. The average Bonchev–Trinajstić information content (AvgIpc) is 2.66. The number of nitrogens with two attached hydrogens (primary N) is 1. The van der Waals surface area contributed by atoms with Crippen LogP contribution in [0.4, 0.5) is 11.4 Å². The third-order valence-corrected chi connectivity index (χ3v) is 3.53. The van der Waals surface area contributed by atoms with Gasteiger partial charge in [-0.05, 0) is 32.6 Å². The molecule has 16 heavy (non-hydrogen) atoms. The highest BCUT2D eigenvalue weighted by atomic mass is 35.5. The maximum atomic E-state index is 6.20. The van der Waals surface area contributed by atoms with Gasteiger partial charge in [0.25, 0.3) is 0 Å². The molecule has 3 nitrogen and oxygen atoms in total. The molecule has 0 aromatic heterocycles. The fourth-order valence-electron chi connectivity index (χ4n) is 2.23. The van der Waals surface area contributed by atoms with E-state index < -0.39 is 0 Å². The van der Waals surface area contributed by atoms with E-state index in [1.807, 2.05) is 18.2 Å². The third-order valence-electron chi connectivity index (χ3n) is 3.23. The number of rotatable bonds is 2. The first-order valence-electron chi connectivity index (χ1n) is 5.55. The van der Waals surface area contributed by atoms with Gasteiger partial charge in [-0.3, -0.25) is 0 Å². The van der Waals surface area contributed by atoms with Gasteiger partial charge < -0.3 is 15.5 Å². The fourth-order valence-corrected chi connectivity index (χ4v) is 2.53. The molecule has 1 aromatic rings. The van der Waals surface area contributed by atoms with E-state index in [9.17, 15) is 0 Å². The van der Waals surface area contributed by atoms with Gasteiger partial charge in [0.2, 0.25) is 0 Å². The van der Waals surface area contributed by atoms with E-state index >= 15 is 0 Å². The van der Waals surface area contributed by atoms with Crippen molar-refractivity contribution in [2.45, 2.75) is 12.5 Å². The van der Waals surface area contributed by atoms with Crippen LogP contribution in [0.25, 0.3) is 0 Å². The molecule has 2 N–H and O–H groups in total. The molecule has 1 fully saturated rings. The number of halogens is 1. The second-order valence-electron chi connectivity index (χ2n) is 4.53. The summed E-state index contributed by atoms with van der Waals surface area (Å²) in [5.41, 5.74) is 7.75. The highest BCUT2D eigenvalue weighted by Crippen LogP contribution is 2.34. The summed E-state index contributed by atoms with van der Waals surface area (Å²) >= 11 is 6.20. The first-order valence-corrected chi connectivity index (χ1v) is 5.92. The van der Waals surface area contributed by atoms with E-state index in [-0.39, 0.29) is 0 Å². The van der Waals surface area contributed by atoms with Crippen LogP contribution in [-0.4, -0.2) is 38.1 Å². The molecule has 0 spiro atoms. The Kier molecular flexibility index (Phi) is 3.26. The minimum Gasteiger partial charge on any atom is -0.397 e. The number of hydrogen-bond donors (Lipinski definition) is 1. The van der Waals surface area contributed by atoms with E-state index in [0.717, 1.165) is 35.9 Å². The zero-order chi connectivity index (χ0) is 11.7. The molecule has 2 rings (SSSR count). The highest BCUT2D eigenvalue weighted by Gasteiger charge is 2.26. The normalized spacial score (nSPS) is 20.8. The van der Waals surface area contributed by atoms with Crippen LogP contribution in [0, 0.1) is 0 Å². The first kappa shape index (κ1) is 11.6. The van der Waals surface area contributed by atoms with Crippen molar-refractivity contribution in [1.29, 1.82) is 0 Å². The molecule has 1 heterocycles. The average molecular weight is 240 g/mol. The van der Waals surface area contributed by atoms with E-state index in [0.29, 0.717) is 6.04 Å². The maximum Gasteiger partial charge on any atom is 0.0789 e. The number of para-hydroxylation sites is 1. The lowest BCUT2D eigenvalue weighted by Crippen LogP contribution is -2.31. The van der Waals surface area contributed by atoms with Crippen molar-refractivity contribution in [2.75, 3.05) is 37.8 Å². The Bertz CT molecular complexity index is 358. The van der Waals surface area contributed by atoms with E-state index in [4.69, 9.17) is 17.3 Å². The van der Waals surface area contributed by atoms with Crippen LogP contribution >= 0.6 is 11.6 Å². The van der Waals surface area contributed by atoms with Gasteiger partial charge in [-0.25, -0.2) is 0 Å². The predicted octanol–water partition coefficient (Wildman–Crippen LogP) is 2.06. The van der Waals surface area contributed by atoms with Crippen LogP contribution in [0.1, 0.15) is 6.42 Å². The maximum absolute atomic E-state index is 6.20. The van der Waals surface area contributed by atoms with Crippen molar-refractivity contribution in [2.24, 2.45) is 0 Å². The number of nitrogens with zero attached hydrogens (tertiary/aromatic N) is 2. The second kappa shape index (κ2) is 4.52. The van der Waals surface area contributed by atoms with Gasteiger partial charge in [-0.1, -0.05) is 17.7 Å². The number of benzene rings is 1. The van der Waals surface area contributed by atoms with Gasteiger partial charge in [0.15, 0.2) is 0 Å². The van der Waals surface area contributed by atoms with Crippen molar-refractivity contribution in [3.8, 4) is 0 Å². The van der Waals surface area contributed by atoms with Crippen molar-refractivity contribution in [1.82, 2.24) is 4.90 Å². The van der Waals surface area contributed by atoms with Crippen molar-refractivity contribution in [3.63, 3.8) is 0 Å². The summed E-state index contributed by atoms with van der Waals surface area (Å²) in [6, 6.07) is 6.29. The molecule has 0 amide bonds. The summed E-state index contributed by atoms with van der Waals surface area (Å²) in [6.45, 7) is 2.03. The van der Waals surface area contributed by atoms with Gasteiger partial charge in [0.05, 0.1) is 16.4 Å². The third kappa shape index (κ3) is 2.11. The molecule has 0 saturated carbocycles. The Labute approximate surface area is 102 Å². The van der Waals surface area contributed by atoms with Crippen molar-refractivity contribution >= 4 is 23.0 Å². The van der Waals surface area contributed by atoms with Gasteiger partial charge >= 0.3 is 0 Å². The zero-order valence-corrected chi connectivity index (χ0v) is 10.5. The lowest BCUT2D eigenvalue weighted by atomic mass is 10.2. The fraction of sp³-hybridized carbons (Fsp3) is 0.500. The molecule has 4 heteroatoms. The van der Waals surface area contributed by atoms with Gasteiger partial charge in [0.1, 0.15) is 0 Å². The van der Waals surface area contributed by atoms with Crippen LogP contribution in [0.5, 0.6) is 0 Å². The number of hydrogen-bond acceptors (Lipinski definition) is 3. The smallest absolute Gasteiger partial charge is 0.0789 e. The first-order chi connectivity index (χ1) is 7.59. The van der Waals surface area contributed by atoms with Gasteiger partial charge in [0, 0.05) is 19.1 Å². The standard InChI is InChI=1S/C12H18ClN3/c1-15(2)9-6-7-16(8-9)12-10(13)4-3-5-11(12)14/h3-5,9H,6-8,14H2,1-2H3. The largest absolute Gasteiger partial charge is 0.397 e. The predicted molar refractivity (Wildman–Crippen MR) is 70.2 cm³/mol. The lowest BCUT2D eigenvalue weighted by Gasteiger charge is -2.23. The monoisotopic (exact) mass is 239 g/mol. The Hall–Kier alpha value is -0.930. The molecular weight excluding hydrogens is 222 g/mol. The summed E-state index contributed by atoms with van der Waals surface area (Å²) in [4.78, 5) is 4.54. The van der Waals surface area contributed by atoms with Gasteiger partial charge in [-0.15, -0.1) is 0 Å². The molecule has 0 aliphatic carbocycles. The van der Waals surface area contributed by atoms with Crippen LogP contribution in [0.15, 0.2) is 18.2 Å². The Morgan fingerprint density at radius 1 is 1.44 bits per heavy atom. The van der Waals surface area contributed by atoms with E-state index in [2.05, 4.69) is 23.9 Å². The summed E-state index contributed by atoms with van der Waals surface area (Å²) in [7, 11) is 4.23. The van der Waals surface area contributed by atoms with Crippen LogP contribution < -0.4 is 10.6 Å². The molecule has 1 aromatic carbocycles. The SMILES string of the molecule is CN(C)C1CCN(c2c(N)cccc2Cl)C1. The van der Waals surface area contributed by atoms with Crippen LogP contribution in [-0.2, 0) is 0 Å². The van der Waals surface area contributed by atoms with E-state index in [1.54, 1.807) is 0 Å². The Morgan fingerprint density at radius 2 is 2.19 bits per heavy atom. The van der Waals surface area contributed by atoms with Crippen molar-refractivity contribution < 1.29 is 0 Å². The molecule has 0 bridgehead atoms. The lowest BCUT2D eigenvalue weighted by molar-refractivity contribution is 0.315. The topological polar surface area (TPSA) is 32.5 Å². The minimum absolute atomic E-state index is 0.593. The Balaban J connectivity index is 2.20. The Morgan fingerprint density at radius 3 is 2.75 bits per heavy atom. The zero-order valence-electron chi connectivity index (χ0n) is 9.78. The molecule has 1 atom stereocenters. The van der Waals surface area contributed by atoms with Gasteiger partial charge in [-0.2, -0.15) is 0 Å².